The van der Waals surface area contributed by atoms with Crippen molar-refractivity contribution < 1.29 is 14.5 Å². The molecule has 0 radical (unpaired) electrons. The van der Waals surface area contributed by atoms with Gasteiger partial charge in [-0.15, -0.1) is 0 Å². The highest BCUT2D eigenvalue weighted by Crippen LogP contribution is 2.15. The van der Waals surface area contributed by atoms with Crippen molar-refractivity contribution in [1.82, 2.24) is 15.2 Å². The van der Waals surface area contributed by atoms with E-state index in [0.29, 0.717) is 18.7 Å². The number of hydrogen-bond acceptors (Lipinski definition) is 6. The fourth-order valence-corrected chi connectivity index (χ4v) is 3.05. The van der Waals surface area contributed by atoms with Crippen LogP contribution in [-0.4, -0.2) is 59.3 Å². The molecule has 3 rings (SSSR count). The van der Waals surface area contributed by atoms with E-state index in [2.05, 4.69) is 15.2 Å². The summed E-state index contributed by atoms with van der Waals surface area (Å²) in [7, 11) is 0. The van der Waals surface area contributed by atoms with Gasteiger partial charge in [0, 0.05) is 74.9 Å². The molecular weight excluding hydrogens is 362 g/mol. The number of nitro groups is 1. The van der Waals surface area contributed by atoms with E-state index in [1.807, 2.05) is 12.1 Å². The molecule has 0 spiro atoms. The number of nitrogens with zero attached hydrogens (tertiary/aromatic N) is 4. The molecule has 2 heterocycles. The van der Waals surface area contributed by atoms with Crippen LogP contribution in [0.2, 0.25) is 0 Å². The van der Waals surface area contributed by atoms with E-state index in [-0.39, 0.29) is 30.5 Å². The van der Waals surface area contributed by atoms with E-state index in [1.165, 1.54) is 24.3 Å². The Morgan fingerprint density at radius 1 is 1.04 bits per heavy atom. The van der Waals surface area contributed by atoms with E-state index >= 15 is 0 Å². The van der Waals surface area contributed by atoms with Crippen molar-refractivity contribution in [3.8, 4) is 0 Å². The zero-order chi connectivity index (χ0) is 19.9. The van der Waals surface area contributed by atoms with E-state index in [0.717, 1.165) is 18.8 Å². The second-order valence-electron chi connectivity index (χ2n) is 6.38. The Hall–Kier alpha value is -3.49. The third kappa shape index (κ3) is 4.81. The Morgan fingerprint density at radius 3 is 2.29 bits per heavy atom. The number of pyridine rings is 1. The number of piperazine rings is 1. The molecule has 1 aliphatic heterocycles. The van der Waals surface area contributed by atoms with Gasteiger partial charge in [-0.2, -0.15) is 0 Å². The Labute approximate surface area is 162 Å². The summed E-state index contributed by atoms with van der Waals surface area (Å²) in [6.07, 6.45) is 3.72. The van der Waals surface area contributed by atoms with Gasteiger partial charge in [0.15, 0.2) is 0 Å². The maximum Gasteiger partial charge on any atom is 0.269 e. The normalized spacial score (nSPS) is 13.9. The zero-order valence-electron chi connectivity index (χ0n) is 15.3. The van der Waals surface area contributed by atoms with Gasteiger partial charge in [-0.3, -0.25) is 24.7 Å². The van der Waals surface area contributed by atoms with Gasteiger partial charge in [0.05, 0.1) is 4.92 Å². The number of non-ortho nitro benzene ring substituents is 1. The lowest BCUT2D eigenvalue weighted by molar-refractivity contribution is -0.384. The van der Waals surface area contributed by atoms with Gasteiger partial charge in [-0.05, 0) is 24.3 Å². The first-order chi connectivity index (χ1) is 13.5. The van der Waals surface area contributed by atoms with Gasteiger partial charge in [-0.25, -0.2) is 0 Å². The largest absolute Gasteiger partial charge is 0.368 e. The van der Waals surface area contributed by atoms with Gasteiger partial charge < -0.3 is 15.1 Å². The average molecular weight is 383 g/mol. The van der Waals surface area contributed by atoms with Crippen molar-refractivity contribution >= 4 is 23.2 Å². The van der Waals surface area contributed by atoms with Crippen LogP contribution in [0.15, 0.2) is 48.8 Å². The van der Waals surface area contributed by atoms with Crippen molar-refractivity contribution in [2.24, 2.45) is 0 Å². The number of anilines is 1. The van der Waals surface area contributed by atoms with Crippen LogP contribution in [0.3, 0.4) is 0 Å². The molecule has 1 saturated heterocycles. The molecule has 0 unspecified atom stereocenters. The first kappa shape index (κ1) is 19.3. The molecule has 0 atom stereocenters. The lowest BCUT2D eigenvalue weighted by Gasteiger charge is -2.36. The monoisotopic (exact) mass is 383 g/mol. The van der Waals surface area contributed by atoms with E-state index in [9.17, 15) is 19.7 Å². The van der Waals surface area contributed by atoms with Gasteiger partial charge in [0.1, 0.15) is 0 Å². The predicted molar refractivity (Wildman–Crippen MR) is 103 cm³/mol. The molecule has 1 fully saturated rings. The number of carbonyl (C=O) groups excluding carboxylic acids is 2. The highest BCUT2D eigenvalue weighted by Gasteiger charge is 2.21. The summed E-state index contributed by atoms with van der Waals surface area (Å²) in [5.41, 5.74) is 1.35. The number of hydrogen-bond donors (Lipinski definition) is 1. The number of nitro benzene ring substituents is 1. The zero-order valence-corrected chi connectivity index (χ0v) is 15.3. The SMILES string of the molecule is O=C(NCCC(=O)N1CCN(c2ccncc2)CC1)c1ccc([N+](=O)[O-])cc1. The first-order valence-electron chi connectivity index (χ1n) is 9.00. The van der Waals surface area contributed by atoms with Crippen LogP contribution < -0.4 is 10.2 Å². The summed E-state index contributed by atoms with van der Waals surface area (Å²) in [5, 5.41) is 13.3. The van der Waals surface area contributed by atoms with Crippen molar-refractivity contribution in [3.63, 3.8) is 0 Å². The summed E-state index contributed by atoms with van der Waals surface area (Å²) in [6, 6.07) is 9.25. The van der Waals surface area contributed by atoms with Crippen LogP contribution >= 0.6 is 0 Å². The van der Waals surface area contributed by atoms with Crippen LogP contribution in [-0.2, 0) is 4.79 Å². The van der Waals surface area contributed by atoms with Gasteiger partial charge in [0.25, 0.3) is 11.6 Å². The quantitative estimate of drug-likeness (QED) is 0.597. The van der Waals surface area contributed by atoms with Crippen molar-refractivity contribution in [3.05, 3.63) is 64.5 Å². The summed E-state index contributed by atoms with van der Waals surface area (Å²) in [6.45, 7) is 3.00. The molecule has 1 aliphatic rings. The molecule has 9 nitrogen and oxygen atoms in total. The third-order valence-electron chi connectivity index (χ3n) is 4.62. The van der Waals surface area contributed by atoms with Gasteiger partial charge >= 0.3 is 0 Å². The summed E-state index contributed by atoms with van der Waals surface area (Å²) in [4.78, 5) is 42.6. The molecule has 2 aromatic rings. The Morgan fingerprint density at radius 2 is 1.68 bits per heavy atom. The molecule has 0 aliphatic carbocycles. The Bertz CT molecular complexity index is 833. The number of carbonyl (C=O) groups is 2. The number of aromatic nitrogens is 1. The van der Waals surface area contributed by atoms with E-state index in [4.69, 9.17) is 0 Å². The second kappa shape index (κ2) is 8.94. The van der Waals surface area contributed by atoms with E-state index < -0.39 is 4.92 Å². The topological polar surface area (TPSA) is 109 Å². The number of benzene rings is 1. The third-order valence-corrected chi connectivity index (χ3v) is 4.62. The summed E-state index contributed by atoms with van der Waals surface area (Å²) >= 11 is 0. The molecule has 28 heavy (non-hydrogen) atoms. The average Bonchev–Trinajstić information content (AvgIpc) is 2.74. The fourth-order valence-electron chi connectivity index (χ4n) is 3.05. The first-order valence-corrected chi connectivity index (χ1v) is 9.00. The smallest absolute Gasteiger partial charge is 0.269 e. The lowest BCUT2D eigenvalue weighted by atomic mass is 10.2. The summed E-state index contributed by atoms with van der Waals surface area (Å²) < 4.78 is 0. The minimum Gasteiger partial charge on any atom is -0.368 e. The maximum absolute atomic E-state index is 12.4. The van der Waals surface area contributed by atoms with Crippen LogP contribution in [0.25, 0.3) is 0 Å². The molecular formula is C19H21N5O4. The van der Waals surface area contributed by atoms with Crippen molar-refractivity contribution in [2.75, 3.05) is 37.6 Å². The molecule has 1 aromatic carbocycles. The molecule has 2 amide bonds. The Kier molecular flexibility index (Phi) is 6.15. The minimum absolute atomic E-state index is 0.00150. The minimum atomic E-state index is -0.519. The van der Waals surface area contributed by atoms with Crippen molar-refractivity contribution in [2.45, 2.75) is 6.42 Å². The standard InChI is InChI=1S/C19H21N5O4/c25-18(23-13-11-22(12-14-23)16-5-8-20-9-6-16)7-10-21-19(26)15-1-3-17(4-2-15)24(27)28/h1-6,8-9H,7,10-14H2,(H,21,26). The molecule has 1 aromatic heterocycles. The lowest BCUT2D eigenvalue weighted by Crippen LogP contribution is -2.49. The highest BCUT2D eigenvalue weighted by atomic mass is 16.6. The molecule has 0 saturated carbocycles. The highest BCUT2D eigenvalue weighted by molar-refractivity contribution is 5.94. The van der Waals surface area contributed by atoms with Crippen molar-refractivity contribution in [1.29, 1.82) is 0 Å². The van der Waals surface area contributed by atoms with Crippen LogP contribution in [0.5, 0.6) is 0 Å². The molecule has 9 heteroatoms. The van der Waals surface area contributed by atoms with Crippen LogP contribution in [0.4, 0.5) is 11.4 Å². The number of nitrogens with one attached hydrogen (secondary N) is 1. The molecule has 1 N–H and O–H groups in total. The van der Waals surface area contributed by atoms with Crippen LogP contribution in [0.1, 0.15) is 16.8 Å². The van der Waals surface area contributed by atoms with E-state index in [1.54, 1.807) is 17.3 Å². The molecule has 0 bridgehead atoms. The molecule has 146 valence electrons. The number of amides is 2. The Balaban J connectivity index is 1.41. The summed E-state index contributed by atoms with van der Waals surface area (Å²) in [5.74, 6) is -0.358. The van der Waals surface area contributed by atoms with Gasteiger partial charge in [0.2, 0.25) is 5.91 Å². The van der Waals surface area contributed by atoms with Crippen LogP contribution in [0, 0.1) is 10.1 Å². The maximum atomic E-state index is 12.4. The van der Waals surface area contributed by atoms with Gasteiger partial charge in [-0.1, -0.05) is 0 Å². The predicted octanol–water partition coefficient (Wildman–Crippen LogP) is 1.46. The fraction of sp³-hybridized carbons (Fsp3) is 0.316. The number of rotatable bonds is 6. The second-order valence-corrected chi connectivity index (χ2v) is 6.38.